The monoisotopic (exact) mass is 427 g/mol. The number of ether oxygens (including phenoxy) is 1. The molecule has 0 aliphatic carbocycles. The standard InChI is InChI=1S/C27H29N3O2/c1-6-21-10-8-9-18(3)26(21)30-19(4)15-22(20(30)5)16-23(17-28)27(31)29-24-11-13-25(14-12-24)32-7-2/h8-16H,6-7H2,1-5H3,(H,29,31)/b23-16-. The number of para-hydroxylation sites is 1. The van der Waals surface area contributed by atoms with E-state index in [2.05, 4.69) is 41.9 Å². The molecule has 1 N–H and O–H groups in total. The number of anilines is 1. The summed E-state index contributed by atoms with van der Waals surface area (Å²) in [5, 5.41) is 12.4. The van der Waals surface area contributed by atoms with Crippen molar-refractivity contribution in [1.29, 1.82) is 5.26 Å². The lowest BCUT2D eigenvalue weighted by Crippen LogP contribution is -2.13. The molecule has 0 atom stereocenters. The fraction of sp³-hybridized carbons (Fsp3) is 0.259. The van der Waals surface area contributed by atoms with Crippen molar-refractivity contribution >= 4 is 17.7 Å². The van der Waals surface area contributed by atoms with Crippen molar-refractivity contribution in [2.45, 2.75) is 41.0 Å². The Balaban J connectivity index is 1.93. The number of hydrogen-bond acceptors (Lipinski definition) is 3. The first kappa shape index (κ1) is 22.9. The van der Waals surface area contributed by atoms with Gasteiger partial charge in [0.25, 0.3) is 5.91 Å². The first-order valence-electron chi connectivity index (χ1n) is 10.8. The van der Waals surface area contributed by atoms with E-state index in [0.717, 1.165) is 29.1 Å². The van der Waals surface area contributed by atoms with Crippen LogP contribution in [0, 0.1) is 32.1 Å². The van der Waals surface area contributed by atoms with Crippen molar-refractivity contribution < 1.29 is 9.53 Å². The number of nitriles is 1. The minimum Gasteiger partial charge on any atom is -0.494 e. The maximum Gasteiger partial charge on any atom is 0.266 e. The number of aryl methyl sites for hydroxylation is 3. The van der Waals surface area contributed by atoms with E-state index in [-0.39, 0.29) is 5.57 Å². The highest BCUT2D eigenvalue weighted by Crippen LogP contribution is 2.28. The SMILES string of the molecule is CCOc1ccc(NC(=O)/C(C#N)=C\c2cc(C)n(-c3c(C)cccc3CC)c2C)cc1. The van der Waals surface area contributed by atoms with Crippen molar-refractivity contribution in [3.8, 4) is 17.5 Å². The van der Waals surface area contributed by atoms with Gasteiger partial charge in [-0.3, -0.25) is 4.79 Å². The number of amides is 1. The van der Waals surface area contributed by atoms with Crippen LogP contribution in [0.5, 0.6) is 5.75 Å². The normalized spacial score (nSPS) is 11.2. The molecular weight excluding hydrogens is 398 g/mol. The third kappa shape index (κ3) is 4.76. The Labute approximate surface area is 190 Å². The topological polar surface area (TPSA) is 67.0 Å². The molecule has 2 aromatic carbocycles. The second-order valence-corrected chi connectivity index (χ2v) is 7.68. The van der Waals surface area contributed by atoms with Gasteiger partial charge in [-0.1, -0.05) is 25.1 Å². The van der Waals surface area contributed by atoms with E-state index in [4.69, 9.17) is 4.74 Å². The van der Waals surface area contributed by atoms with Crippen LogP contribution in [-0.2, 0) is 11.2 Å². The molecule has 0 spiro atoms. The van der Waals surface area contributed by atoms with Gasteiger partial charge < -0.3 is 14.6 Å². The highest BCUT2D eigenvalue weighted by molar-refractivity contribution is 6.09. The van der Waals surface area contributed by atoms with Gasteiger partial charge >= 0.3 is 0 Å². The highest BCUT2D eigenvalue weighted by Gasteiger charge is 2.16. The summed E-state index contributed by atoms with van der Waals surface area (Å²) in [6, 6.07) is 17.5. The summed E-state index contributed by atoms with van der Waals surface area (Å²) in [6.45, 7) is 10.8. The molecule has 5 heteroatoms. The van der Waals surface area contributed by atoms with Crippen LogP contribution in [0.25, 0.3) is 11.8 Å². The van der Waals surface area contributed by atoms with Gasteiger partial charge in [0.2, 0.25) is 0 Å². The molecule has 3 rings (SSSR count). The summed E-state index contributed by atoms with van der Waals surface area (Å²) in [7, 11) is 0. The molecule has 1 amide bonds. The predicted molar refractivity (Wildman–Crippen MR) is 129 cm³/mol. The number of nitrogens with one attached hydrogen (secondary N) is 1. The van der Waals surface area contributed by atoms with Crippen LogP contribution in [0.2, 0.25) is 0 Å². The Bertz CT molecular complexity index is 1190. The highest BCUT2D eigenvalue weighted by atomic mass is 16.5. The molecule has 0 saturated carbocycles. The zero-order valence-electron chi connectivity index (χ0n) is 19.3. The molecule has 0 radical (unpaired) electrons. The fourth-order valence-corrected chi connectivity index (χ4v) is 3.91. The molecule has 3 aromatic rings. The van der Waals surface area contributed by atoms with Crippen molar-refractivity contribution in [3.05, 3.63) is 82.2 Å². The molecule has 0 bridgehead atoms. The van der Waals surface area contributed by atoms with Gasteiger partial charge in [-0.2, -0.15) is 5.26 Å². The second-order valence-electron chi connectivity index (χ2n) is 7.68. The number of carbonyl (C=O) groups is 1. The van der Waals surface area contributed by atoms with E-state index in [0.29, 0.717) is 12.3 Å². The first-order chi connectivity index (χ1) is 15.4. The summed E-state index contributed by atoms with van der Waals surface area (Å²) >= 11 is 0. The summed E-state index contributed by atoms with van der Waals surface area (Å²) < 4.78 is 7.63. The summed E-state index contributed by atoms with van der Waals surface area (Å²) in [4.78, 5) is 12.7. The molecule has 32 heavy (non-hydrogen) atoms. The molecule has 0 aliphatic rings. The molecule has 1 heterocycles. The minimum atomic E-state index is -0.438. The Kier molecular flexibility index (Phi) is 7.17. The average molecular weight is 428 g/mol. The zero-order valence-corrected chi connectivity index (χ0v) is 19.3. The van der Waals surface area contributed by atoms with Crippen LogP contribution < -0.4 is 10.1 Å². The van der Waals surface area contributed by atoms with Gasteiger partial charge in [0.1, 0.15) is 17.4 Å². The first-order valence-corrected chi connectivity index (χ1v) is 10.8. The molecule has 164 valence electrons. The Morgan fingerprint density at radius 1 is 1.12 bits per heavy atom. The van der Waals surface area contributed by atoms with Crippen molar-refractivity contribution in [2.75, 3.05) is 11.9 Å². The number of hydrogen-bond donors (Lipinski definition) is 1. The van der Waals surface area contributed by atoms with Crippen LogP contribution in [-0.4, -0.2) is 17.1 Å². The van der Waals surface area contributed by atoms with E-state index in [1.165, 1.54) is 16.8 Å². The zero-order chi connectivity index (χ0) is 23.3. The van der Waals surface area contributed by atoms with E-state index in [9.17, 15) is 10.1 Å². The number of nitrogens with zero attached hydrogens (tertiary/aromatic N) is 2. The second kappa shape index (κ2) is 10.0. The number of benzene rings is 2. The summed E-state index contributed by atoms with van der Waals surface area (Å²) in [6.07, 6.45) is 2.58. The van der Waals surface area contributed by atoms with Crippen LogP contribution in [0.1, 0.15) is 41.9 Å². The van der Waals surface area contributed by atoms with E-state index < -0.39 is 5.91 Å². The van der Waals surface area contributed by atoms with Crippen LogP contribution >= 0.6 is 0 Å². The molecule has 1 aromatic heterocycles. The third-order valence-corrected chi connectivity index (χ3v) is 5.48. The quantitative estimate of drug-likeness (QED) is 0.376. The predicted octanol–water partition coefficient (Wildman–Crippen LogP) is 5.91. The minimum absolute atomic E-state index is 0.0552. The van der Waals surface area contributed by atoms with Crippen molar-refractivity contribution in [2.24, 2.45) is 0 Å². The number of aromatic nitrogens is 1. The molecule has 0 aliphatic heterocycles. The number of rotatable bonds is 7. The van der Waals surface area contributed by atoms with E-state index in [1.54, 1.807) is 30.3 Å². The van der Waals surface area contributed by atoms with Crippen LogP contribution in [0.15, 0.2) is 54.1 Å². The Hall–Kier alpha value is -3.78. The third-order valence-electron chi connectivity index (χ3n) is 5.48. The molecule has 0 unspecified atom stereocenters. The van der Waals surface area contributed by atoms with E-state index >= 15 is 0 Å². The number of carbonyl (C=O) groups excluding carboxylic acids is 1. The van der Waals surface area contributed by atoms with Gasteiger partial charge in [-0.25, -0.2) is 0 Å². The largest absolute Gasteiger partial charge is 0.494 e. The molecule has 5 nitrogen and oxygen atoms in total. The summed E-state index contributed by atoms with van der Waals surface area (Å²) in [5.41, 5.74) is 7.19. The Morgan fingerprint density at radius 3 is 2.47 bits per heavy atom. The molecular formula is C27H29N3O2. The van der Waals surface area contributed by atoms with Crippen LogP contribution in [0.4, 0.5) is 5.69 Å². The maximum atomic E-state index is 12.7. The summed E-state index contributed by atoms with van der Waals surface area (Å²) in [5.74, 6) is 0.295. The van der Waals surface area contributed by atoms with Gasteiger partial charge in [0.05, 0.1) is 12.3 Å². The van der Waals surface area contributed by atoms with Crippen molar-refractivity contribution in [1.82, 2.24) is 4.57 Å². The fourth-order valence-electron chi connectivity index (χ4n) is 3.91. The molecule has 0 fully saturated rings. The van der Waals surface area contributed by atoms with Crippen molar-refractivity contribution in [3.63, 3.8) is 0 Å². The van der Waals surface area contributed by atoms with Gasteiger partial charge in [-0.05, 0) is 87.2 Å². The van der Waals surface area contributed by atoms with Gasteiger partial charge in [-0.15, -0.1) is 0 Å². The van der Waals surface area contributed by atoms with E-state index in [1.807, 2.05) is 32.9 Å². The lowest BCUT2D eigenvalue weighted by atomic mass is 10.1. The molecule has 0 saturated heterocycles. The average Bonchev–Trinajstić information content (AvgIpc) is 3.06. The lowest BCUT2D eigenvalue weighted by Gasteiger charge is -2.17. The van der Waals surface area contributed by atoms with Crippen LogP contribution in [0.3, 0.4) is 0 Å². The lowest BCUT2D eigenvalue weighted by molar-refractivity contribution is -0.112. The van der Waals surface area contributed by atoms with Gasteiger partial charge in [0, 0.05) is 17.1 Å². The van der Waals surface area contributed by atoms with Gasteiger partial charge in [0.15, 0.2) is 0 Å². The smallest absolute Gasteiger partial charge is 0.266 e. The maximum absolute atomic E-state index is 12.7. The Morgan fingerprint density at radius 2 is 1.84 bits per heavy atom.